The van der Waals surface area contributed by atoms with E-state index in [0.717, 1.165) is 55.1 Å². The number of rotatable bonds is 6. The van der Waals surface area contributed by atoms with Crippen LogP contribution in [0.2, 0.25) is 0 Å². The van der Waals surface area contributed by atoms with E-state index in [2.05, 4.69) is 36.4 Å². The second kappa shape index (κ2) is 11.5. The van der Waals surface area contributed by atoms with Gasteiger partial charge in [-0.3, -0.25) is 4.84 Å². The molecule has 5 aromatic rings. The van der Waals surface area contributed by atoms with Gasteiger partial charge in [0, 0.05) is 11.8 Å². The van der Waals surface area contributed by atoms with Gasteiger partial charge in [-0.1, -0.05) is 127 Å². The third-order valence-corrected chi connectivity index (χ3v) is 8.22. The Morgan fingerprint density at radius 2 is 0.907 bits per heavy atom. The molecule has 2 aliphatic carbocycles. The summed E-state index contributed by atoms with van der Waals surface area (Å²) in [6.45, 7) is 0.199. The van der Waals surface area contributed by atoms with Crippen LogP contribution in [0.25, 0.3) is 22.3 Å². The molecular formula is C37H29NO5. The first-order valence-corrected chi connectivity index (χ1v) is 14.4. The van der Waals surface area contributed by atoms with E-state index < -0.39 is 12.2 Å². The molecule has 0 spiro atoms. The molecule has 0 radical (unpaired) electrons. The number of fused-ring (bicyclic) bond motifs is 6. The molecule has 0 bridgehead atoms. The SMILES string of the molecule is O=C(OCC1c2ccccc2-c2ccccc21)ON(Cc1ccccc1)C(=O)OCC1c2ccccc2-c2ccccc21. The predicted molar refractivity (Wildman–Crippen MR) is 163 cm³/mol. The molecule has 0 aliphatic heterocycles. The first-order valence-electron chi connectivity index (χ1n) is 14.4. The van der Waals surface area contributed by atoms with Crippen LogP contribution >= 0.6 is 0 Å². The smallest absolute Gasteiger partial charge is 0.446 e. The average Bonchev–Trinajstić information content (AvgIpc) is 3.55. The molecule has 6 heteroatoms. The van der Waals surface area contributed by atoms with Crippen molar-refractivity contribution < 1.29 is 23.9 Å². The molecule has 0 unspecified atom stereocenters. The molecule has 0 atom stereocenters. The highest BCUT2D eigenvalue weighted by atomic mass is 16.8. The van der Waals surface area contributed by atoms with E-state index in [1.165, 1.54) is 0 Å². The van der Waals surface area contributed by atoms with Gasteiger partial charge in [0.15, 0.2) is 0 Å². The maximum absolute atomic E-state index is 13.4. The number of carbonyl (C=O) groups is 2. The highest BCUT2D eigenvalue weighted by Gasteiger charge is 2.32. The van der Waals surface area contributed by atoms with Crippen LogP contribution in [0.5, 0.6) is 0 Å². The van der Waals surface area contributed by atoms with Gasteiger partial charge in [-0.15, -0.1) is 5.06 Å². The monoisotopic (exact) mass is 567 g/mol. The van der Waals surface area contributed by atoms with Crippen LogP contribution in [-0.4, -0.2) is 30.5 Å². The third kappa shape index (κ3) is 5.12. The molecule has 0 saturated heterocycles. The molecule has 0 heterocycles. The van der Waals surface area contributed by atoms with Crippen molar-refractivity contribution in [2.24, 2.45) is 0 Å². The zero-order valence-electron chi connectivity index (χ0n) is 23.4. The summed E-state index contributed by atoms with van der Waals surface area (Å²) in [5.74, 6) is -0.249. The van der Waals surface area contributed by atoms with Crippen molar-refractivity contribution in [3.05, 3.63) is 155 Å². The quantitative estimate of drug-likeness (QED) is 0.152. The summed E-state index contributed by atoms with van der Waals surface area (Å²) in [6.07, 6.45) is -1.73. The van der Waals surface area contributed by atoms with E-state index in [4.69, 9.17) is 14.3 Å². The number of ether oxygens (including phenoxy) is 2. The van der Waals surface area contributed by atoms with Crippen LogP contribution < -0.4 is 0 Å². The lowest BCUT2D eigenvalue weighted by atomic mass is 9.98. The Bertz CT molecular complexity index is 1710. The highest BCUT2D eigenvalue weighted by molar-refractivity contribution is 5.80. The van der Waals surface area contributed by atoms with E-state index in [1.54, 1.807) is 0 Å². The number of amides is 1. The van der Waals surface area contributed by atoms with Crippen molar-refractivity contribution in [2.75, 3.05) is 13.2 Å². The lowest BCUT2D eigenvalue weighted by Gasteiger charge is -2.22. The molecule has 7 rings (SSSR count). The first kappa shape index (κ1) is 26.5. The van der Waals surface area contributed by atoms with Crippen molar-refractivity contribution in [1.82, 2.24) is 5.06 Å². The standard InChI is InChI=1S/C37H29NO5/c39-36(41-23-34-30-18-8-4-14-26(30)27-15-5-9-19-31(27)34)38(22-25-12-2-1-3-13-25)43-37(40)42-24-35-32-20-10-6-16-28(32)29-17-7-11-21-33(29)35/h1-21,34-35H,22-24H2. The predicted octanol–water partition coefficient (Wildman–Crippen LogP) is 8.32. The van der Waals surface area contributed by atoms with E-state index >= 15 is 0 Å². The topological polar surface area (TPSA) is 65.1 Å². The van der Waals surface area contributed by atoms with Gasteiger partial charge in [-0.05, 0) is 50.1 Å². The lowest BCUT2D eigenvalue weighted by Crippen LogP contribution is -2.35. The third-order valence-electron chi connectivity index (χ3n) is 8.22. The van der Waals surface area contributed by atoms with Gasteiger partial charge in [-0.25, -0.2) is 9.59 Å². The van der Waals surface area contributed by atoms with Gasteiger partial charge in [0.1, 0.15) is 13.2 Å². The van der Waals surface area contributed by atoms with Crippen molar-refractivity contribution in [1.29, 1.82) is 0 Å². The average molecular weight is 568 g/mol. The number of hydrogen-bond acceptors (Lipinski definition) is 5. The number of nitrogens with zero attached hydrogens (tertiary/aromatic N) is 1. The zero-order valence-corrected chi connectivity index (χ0v) is 23.4. The summed E-state index contributed by atoms with van der Waals surface area (Å²) in [7, 11) is 0. The van der Waals surface area contributed by atoms with Gasteiger partial charge in [0.25, 0.3) is 0 Å². The van der Waals surface area contributed by atoms with E-state index in [9.17, 15) is 9.59 Å². The van der Waals surface area contributed by atoms with E-state index in [0.29, 0.717) is 0 Å². The Morgan fingerprint density at radius 1 is 0.512 bits per heavy atom. The highest BCUT2D eigenvalue weighted by Crippen LogP contribution is 2.45. The Kier molecular flexibility index (Phi) is 7.09. The van der Waals surface area contributed by atoms with Crippen LogP contribution in [-0.2, 0) is 20.9 Å². The van der Waals surface area contributed by atoms with E-state index in [1.807, 2.05) is 91.0 Å². The van der Waals surface area contributed by atoms with Crippen molar-refractivity contribution >= 4 is 12.2 Å². The molecule has 1 amide bonds. The molecule has 0 N–H and O–H groups in total. The number of hydroxylamine groups is 2. The normalized spacial score (nSPS) is 12.9. The molecule has 0 aromatic heterocycles. The first-order chi connectivity index (χ1) is 21.2. The Morgan fingerprint density at radius 3 is 1.37 bits per heavy atom. The number of hydrogen-bond donors (Lipinski definition) is 0. The van der Waals surface area contributed by atoms with Crippen molar-refractivity contribution in [3.8, 4) is 22.3 Å². The number of carbonyl (C=O) groups excluding carboxylic acids is 2. The summed E-state index contributed by atoms with van der Waals surface area (Å²) in [5, 5.41) is 0.932. The largest absolute Gasteiger partial charge is 0.533 e. The van der Waals surface area contributed by atoms with Crippen LogP contribution in [0.1, 0.15) is 39.7 Å². The summed E-state index contributed by atoms with van der Waals surface area (Å²) < 4.78 is 11.4. The van der Waals surface area contributed by atoms with Crippen molar-refractivity contribution in [3.63, 3.8) is 0 Å². The molecule has 43 heavy (non-hydrogen) atoms. The van der Waals surface area contributed by atoms with Gasteiger partial charge in [0.05, 0.1) is 6.54 Å². The Labute approximate surface area is 250 Å². The minimum Gasteiger partial charge on any atom is -0.446 e. The van der Waals surface area contributed by atoms with Crippen LogP contribution in [0.3, 0.4) is 0 Å². The minimum atomic E-state index is -0.966. The summed E-state index contributed by atoms with van der Waals surface area (Å²) in [4.78, 5) is 31.9. The van der Waals surface area contributed by atoms with Crippen LogP contribution in [0.4, 0.5) is 9.59 Å². The second-order valence-corrected chi connectivity index (χ2v) is 10.7. The van der Waals surface area contributed by atoms with E-state index in [-0.39, 0.29) is 31.6 Å². The molecule has 2 aliphatic rings. The van der Waals surface area contributed by atoms with Gasteiger partial charge in [-0.2, -0.15) is 0 Å². The summed E-state index contributed by atoms with van der Waals surface area (Å²) in [5.41, 5.74) is 9.69. The van der Waals surface area contributed by atoms with Gasteiger partial charge < -0.3 is 9.47 Å². The Hall–Kier alpha value is -5.36. The fourth-order valence-electron chi connectivity index (χ4n) is 6.26. The molecule has 6 nitrogen and oxygen atoms in total. The molecule has 0 saturated carbocycles. The fraction of sp³-hybridized carbons (Fsp3) is 0.135. The number of benzene rings is 5. The van der Waals surface area contributed by atoms with Crippen LogP contribution in [0, 0.1) is 0 Å². The maximum Gasteiger partial charge on any atom is 0.533 e. The maximum atomic E-state index is 13.4. The molecule has 0 fully saturated rings. The molecular weight excluding hydrogens is 538 g/mol. The molecule has 5 aromatic carbocycles. The van der Waals surface area contributed by atoms with Gasteiger partial charge >= 0.3 is 12.2 Å². The Balaban J connectivity index is 1.06. The minimum absolute atomic E-state index is 0.0156. The second-order valence-electron chi connectivity index (χ2n) is 10.7. The molecule has 212 valence electrons. The summed E-state index contributed by atoms with van der Waals surface area (Å²) >= 11 is 0. The van der Waals surface area contributed by atoms with Crippen molar-refractivity contribution in [2.45, 2.75) is 18.4 Å². The summed E-state index contributed by atoms with van der Waals surface area (Å²) in [6, 6.07) is 41.8. The lowest BCUT2D eigenvalue weighted by molar-refractivity contribution is -0.117. The zero-order chi connectivity index (χ0) is 29.2. The van der Waals surface area contributed by atoms with Gasteiger partial charge in [0.2, 0.25) is 0 Å². The van der Waals surface area contributed by atoms with Crippen LogP contribution in [0.15, 0.2) is 127 Å². The fourth-order valence-corrected chi connectivity index (χ4v) is 6.26.